The van der Waals surface area contributed by atoms with Gasteiger partial charge in [-0.3, -0.25) is 0 Å². The van der Waals surface area contributed by atoms with Gasteiger partial charge in [0, 0.05) is 0 Å². The maximum atomic E-state index is 9.00. The first-order chi connectivity index (χ1) is 3.92. The summed E-state index contributed by atoms with van der Waals surface area (Å²) in [6.45, 7) is 9.08. The molecule has 0 unspecified atom stereocenters. The molecule has 0 aliphatic heterocycles. The van der Waals surface area contributed by atoms with Gasteiger partial charge in [-0.2, -0.15) is 0 Å². The molecule has 1 N–H and O–H groups in total. The zero-order chi connectivity index (χ0) is 7.49. The van der Waals surface area contributed by atoms with Gasteiger partial charge >= 0.3 is 0 Å². The highest BCUT2D eigenvalue weighted by atomic mass is 16.6. The van der Waals surface area contributed by atoms with E-state index in [1.807, 2.05) is 6.92 Å². The van der Waals surface area contributed by atoms with Crippen LogP contribution in [0.25, 0.3) is 0 Å². The maximum Gasteiger partial charge on any atom is 0.160 e. The van der Waals surface area contributed by atoms with Crippen molar-refractivity contribution in [1.29, 1.82) is 0 Å². The standard InChI is InChI=1S/C7H14O2/c1-6(2)5-9-7(3,4)8/h8H,1,5H2,2-4H3. The molecule has 0 aromatic rings. The Morgan fingerprint density at radius 2 is 2.11 bits per heavy atom. The molecule has 0 aromatic heterocycles. The van der Waals surface area contributed by atoms with E-state index in [2.05, 4.69) is 6.58 Å². The van der Waals surface area contributed by atoms with Gasteiger partial charge in [0.15, 0.2) is 5.79 Å². The molecule has 0 fully saturated rings. The van der Waals surface area contributed by atoms with Gasteiger partial charge in [0.2, 0.25) is 0 Å². The minimum atomic E-state index is -1.03. The van der Waals surface area contributed by atoms with Crippen molar-refractivity contribution >= 4 is 0 Å². The van der Waals surface area contributed by atoms with Crippen LogP contribution in [0.5, 0.6) is 0 Å². The summed E-state index contributed by atoms with van der Waals surface area (Å²) < 4.78 is 4.95. The lowest BCUT2D eigenvalue weighted by Crippen LogP contribution is -2.23. The molecule has 0 amide bonds. The maximum absolute atomic E-state index is 9.00. The molecule has 54 valence electrons. The van der Waals surface area contributed by atoms with Crippen LogP contribution in [0, 0.1) is 0 Å². The van der Waals surface area contributed by atoms with Crippen LogP contribution in [0.15, 0.2) is 12.2 Å². The molecule has 9 heavy (non-hydrogen) atoms. The Kier molecular flexibility index (Phi) is 2.88. The molecule has 0 atom stereocenters. The summed E-state index contributed by atoms with van der Waals surface area (Å²) in [5.74, 6) is -1.03. The predicted molar refractivity (Wildman–Crippen MR) is 37.1 cm³/mol. The van der Waals surface area contributed by atoms with Gasteiger partial charge < -0.3 is 9.84 Å². The van der Waals surface area contributed by atoms with Crippen molar-refractivity contribution < 1.29 is 9.84 Å². The van der Waals surface area contributed by atoms with E-state index in [0.717, 1.165) is 5.57 Å². The first-order valence-electron chi connectivity index (χ1n) is 2.92. The van der Waals surface area contributed by atoms with Crippen LogP contribution < -0.4 is 0 Å². The predicted octanol–water partition coefficient (Wildman–Crippen LogP) is 1.31. The van der Waals surface area contributed by atoms with Crippen molar-refractivity contribution in [3.8, 4) is 0 Å². The van der Waals surface area contributed by atoms with Gasteiger partial charge in [0.25, 0.3) is 0 Å². The highest BCUT2D eigenvalue weighted by molar-refractivity contribution is 4.87. The van der Waals surface area contributed by atoms with Crippen LogP contribution in [-0.2, 0) is 4.74 Å². The molecule has 0 saturated heterocycles. The van der Waals surface area contributed by atoms with E-state index in [1.54, 1.807) is 13.8 Å². The van der Waals surface area contributed by atoms with Crippen LogP contribution in [-0.4, -0.2) is 17.5 Å². The third-order valence-corrected chi connectivity index (χ3v) is 0.672. The van der Waals surface area contributed by atoms with Crippen molar-refractivity contribution in [1.82, 2.24) is 0 Å². The fourth-order valence-electron chi connectivity index (χ4n) is 0.300. The van der Waals surface area contributed by atoms with Crippen LogP contribution in [0.4, 0.5) is 0 Å². The van der Waals surface area contributed by atoms with E-state index < -0.39 is 5.79 Å². The highest BCUT2D eigenvalue weighted by Gasteiger charge is 2.10. The Morgan fingerprint density at radius 1 is 1.67 bits per heavy atom. The first-order valence-corrected chi connectivity index (χ1v) is 2.92. The molecular formula is C7H14O2. The molecule has 2 nitrogen and oxygen atoms in total. The van der Waals surface area contributed by atoms with E-state index in [9.17, 15) is 0 Å². The smallest absolute Gasteiger partial charge is 0.160 e. The summed E-state index contributed by atoms with van der Waals surface area (Å²) in [5, 5.41) is 9.00. The fraction of sp³-hybridized carbons (Fsp3) is 0.714. The van der Waals surface area contributed by atoms with E-state index in [1.165, 1.54) is 0 Å². The highest BCUT2D eigenvalue weighted by Crippen LogP contribution is 2.04. The molecule has 2 heteroatoms. The lowest BCUT2D eigenvalue weighted by Gasteiger charge is -2.17. The first kappa shape index (κ1) is 8.66. The van der Waals surface area contributed by atoms with Gasteiger partial charge in [-0.15, -0.1) is 0 Å². The van der Waals surface area contributed by atoms with Crippen LogP contribution >= 0.6 is 0 Å². The SMILES string of the molecule is C=C(C)COC(C)(C)O. The zero-order valence-electron chi connectivity index (χ0n) is 6.27. The molecule has 0 aromatic carbocycles. The summed E-state index contributed by atoms with van der Waals surface area (Å²) in [7, 11) is 0. The summed E-state index contributed by atoms with van der Waals surface area (Å²) in [6.07, 6.45) is 0. The zero-order valence-corrected chi connectivity index (χ0v) is 6.27. The molecule has 0 aliphatic carbocycles. The third kappa shape index (κ3) is 7.66. The normalized spacial score (nSPS) is 11.6. The lowest BCUT2D eigenvalue weighted by molar-refractivity contribution is -0.169. The van der Waals surface area contributed by atoms with Crippen LogP contribution in [0.3, 0.4) is 0 Å². The Labute approximate surface area is 56.1 Å². The average molecular weight is 130 g/mol. The fourth-order valence-corrected chi connectivity index (χ4v) is 0.300. The summed E-state index contributed by atoms with van der Waals surface area (Å²) >= 11 is 0. The van der Waals surface area contributed by atoms with Gasteiger partial charge in [0.05, 0.1) is 6.61 Å². The van der Waals surface area contributed by atoms with Crippen molar-refractivity contribution in [3.05, 3.63) is 12.2 Å². The van der Waals surface area contributed by atoms with Crippen molar-refractivity contribution in [2.75, 3.05) is 6.61 Å². The largest absolute Gasteiger partial charge is 0.366 e. The molecule has 0 bridgehead atoms. The Bertz CT molecular complexity index is 100.0. The molecule has 0 spiro atoms. The average Bonchev–Trinajstić information content (AvgIpc) is 1.59. The van der Waals surface area contributed by atoms with Crippen LogP contribution in [0.2, 0.25) is 0 Å². The van der Waals surface area contributed by atoms with Gasteiger partial charge in [-0.1, -0.05) is 12.2 Å². The number of hydrogen-bond donors (Lipinski definition) is 1. The van der Waals surface area contributed by atoms with E-state index >= 15 is 0 Å². The Balaban J connectivity index is 3.39. The summed E-state index contributed by atoms with van der Waals surface area (Å²) in [4.78, 5) is 0. The minimum Gasteiger partial charge on any atom is -0.366 e. The van der Waals surface area contributed by atoms with E-state index in [0.29, 0.717) is 6.61 Å². The van der Waals surface area contributed by atoms with Gasteiger partial charge in [0.1, 0.15) is 0 Å². The Morgan fingerprint density at radius 3 is 2.22 bits per heavy atom. The minimum absolute atomic E-state index is 0.420. The number of ether oxygens (including phenoxy) is 1. The molecule has 0 radical (unpaired) electrons. The van der Waals surface area contributed by atoms with Gasteiger partial charge in [-0.05, 0) is 20.8 Å². The lowest BCUT2D eigenvalue weighted by atomic mass is 10.3. The summed E-state index contributed by atoms with van der Waals surface area (Å²) in [5.41, 5.74) is 0.914. The van der Waals surface area contributed by atoms with Crippen molar-refractivity contribution in [3.63, 3.8) is 0 Å². The van der Waals surface area contributed by atoms with Crippen molar-refractivity contribution in [2.24, 2.45) is 0 Å². The summed E-state index contributed by atoms with van der Waals surface area (Å²) in [6, 6.07) is 0. The second-order valence-corrected chi connectivity index (χ2v) is 2.69. The molecule has 0 saturated carbocycles. The second-order valence-electron chi connectivity index (χ2n) is 2.69. The quantitative estimate of drug-likeness (QED) is 0.461. The second kappa shape index (κ2) is 2.99. The molecular weight excluding hydrogens is 116 g/mol. The van der Waals surface area contributed by atoms with E-state index in [4.69, 9.17) is 9.84 Å². The number of hydrogen-bond acceptors (Lipinski definition) is 2. The Hall–Kier alpha value is -0.340. The van der Waals surface area contributed by atoms with Gasteiger partial charge in [-0.25, -0.2) is 0 Å². The van der Waals surface area contributed by atoms with E-state index in [-0.39, 0.29) is 0 Å². The molecule has 0 aliphatic rings. The molecule has 0 heterocycles. The number of aliphatic hydroxyl groups is 1. The van der Waals surface area contributed by atoms with Crippen LogP contribution in [0.1, 0.15) is 20.8 Å². The number of rotatable bonds is 3. The van der Waals surface area contributed by atoms with Crippen molar-refractivity contribution in [2.45, 2.75) is 26.6 Å². The third-order valence-electron chi connectivity index (χ3n) is 0.672. The topological polar surface area (TPSA) is 29.5 Å². The monoisotopic (exact) mass is 130 g/mol. The molecule has 0 rings (SSSR count).